The Morgan fingerprint density at radius 1 is 1.27 bits per heavy atom. The molecule has 0 spiro atoms. The van der Waals surface area contributed by atoms with Crippen LogP contribution in [0.3, 0.4) is 0 Å². The van der Waals surface area contributed by atoms with Crippen molar-refractivity contribution in [3.05, 3.63) is 29.8 Å². The first-order chi connectivity index (χ1) is 7.13. The van der Waals surface area contributed by atoms with Gasteiger partial charge in [0, 0.05) is 6.92 Å². The second-order valence-corrected chi connectivity index (χ2v) is 2.68. The van der Waals surface area contributed by atoms with Gasteiger partial charge in [-0.1, -0.05) is 6.07 Å². The van der Waals surface area contributed by atoms with Gasteiger partial charge < -0.3 is 4.74 Å². The van der Waals surface area contributed by atoms with Crippen LogP contribution in [-0.4, -0.2) is 19.0 Å². The number of hydrogen-bond acceptors (Lipinski definition) is 5. The van der Waals surface area contributed by atoms with E-state index < -0.39 is 11.9 Å². The average Bonchev–Trinajstić information content (AvgIpc) is 2.25. The van der Waals surface area contributed by atoms with E-state index in [2.05, 4.69) is 14.5 Å². The molecule has 80 valence electrons. The van der Waals surface area contributed by atoms with E-state index in [9.17, 15) is 9.59 Å². The van der Waals surface area contributed by atoms with Crippen LogP contribution >= 0.6 is 0 Å². The molecule has 0 fully saturated rings. The molecule has 0 atom stereocenters. The van der Waals surface area contributed by atoms with Crippen LogP contribution < -0.4 is 4.89 Å². The smallest absolute Gasteiger partial charge is 0.352 e. The summed E-state index contributed by atoms with van der Waals surface area (Å²) in [6.07, 6.45) is 0. The summed E-state index contributed by atoms with van der Waals surface area (Å²) < 4.78 is 4.51. The molecule has 0 N–H and O–H groups in total. The summed E-state index contributed by atoms with van der Waals surface area (Å²) in [4.78, 5) is 30.5. The van der Waals surface area contributed by atoms with Crippen LogP contribution in [0.5, 0.6) is 5.75 Å². The molecule has 0 aliphatic rings. The SMILES string of the molecule is COC(=O)c1cccc(OOC(C)=O)c1. The maximum Gasteiger partial charge on any atom is 0.352 e. The predicted molar refractivity (Wildman–Crippen MR) is 50.2 cm³/mol. The van der Waals surface area contributed by atoms with Gasteiger partial charge >= 0.3 is 11.9 Å². The monoisotopic (exact) mass is 210 g/mol. The molecule has 5 nitrogen and oxygen atoms in total. The van der Waals surface area contributed by atoms with Crippen LogP contribution in [0.25, 0.3) is 0 Å². The number of carbonyl (C=O) groups excluding carboxylic acids is 2. The maximum absolute atomic E-state index is 11.1. The Balaban J connectivity index is 2.74. The first-order valence-electron chi connectivity index (χ1n) is 4.17. The molecule has 1 rings (SSSR count). The predicted octanol–water partition coefficient (Wildman–Crippen LogP) is 1.33. The molecule has 0 aliphatic heterocycles. The normalized spacial score (nSPS) is 9.20. The molecule has 0 heterocycles. The third kappa shape index (κ3) is 3.30. The summed E-state index contributed by atoms with van der Waals surface area (Å²) in [5, 5.41) is 0. The van der Waals surface area contributed by atoms with Gasteiger partial charge in [0.25, 0.3) is 0 Å². The van der Waals surface area contributed by atoms with Crippen LogP contribution in [-0.2, 0) is 14.4 Å². The lowest BCUT2D eigenvalue weighted by Crippen LogP contribution is -2.05. The fourth-order valence-electron chi connectivity index (χ4n) is 0.900. The summed E-state index contributed by atoms with van der Waals surface area (Å²) in [5.41, 5.74) is 0.321. The van der Waals surface area contributed by atoms with Crippen molar-refractivity contribution in [2.24, 2.45) is 0 Å². The van der Waals surface area contributed by atoms with Crippen molar-refractivity contribution in [1.29, 1.82) is 0 Å². The Bertz CT molecular complexity index is 372. The van der Waals surface area contributed by atoms with Gasteiger partial charge in [-0.2, -0.15) is 0 Å². The van der Waals surface area contributed by atoms with Crippen LogP contribution in [0.4, 0.5) is 0 Å². The zero-order valence-electron chi connectivity index (χ0n) is 8.35. The molecule has 0 aromatic heterocycles. The number of rotatable bonds is 3. The lowest BCUT2D eigenvalue weighted by atomic mass is 10.2. The topological polar surface area (TPSA) is 61.8 Å². The Morgan fingerprint density at radius 2 is 2.00 bits per heavy atom. The van der Waals surface area contributed by atoms with Gasteiger partial charge in [0.15, 0.2) is 5.75 Å². The molecule has 1 aromatic carbocycles. The van der Waals surface area contributed by atoms with Gasteiger partial charge in [0.1, 0.15) is 0 Å². The molecule has 1 aromatic rings. The summed E-state index contributed by atoms with van der Waals surface area (Å²) in [7, 11) is 1.28. The second kappa shape index (κ2) is 4.99. The fraction of sp³-hybridized carbons (Fsp3) is 0.200. The molecule has 0 unspecified atom stereocenters. The lowest BCUT2D eigenvalue weighted by Gasteiger charge is -2.03. The fourth-order valence-corrected chi connectivity index (χ4v) is 0.900. The van der Waals surface area contributed by atoms with Crippen molar-refractivity contribution < 1.29 is 24.1 Å². The molecular formula is C10H10O5. The largest absolute Gasteiger partial charge is 0.465 e. The molecular weight excluding hydrogens is 200 g/mol. The summed E-state index contributed by atoms with van der Waals surface area (Å²) in [5.74, 6) is -0.796. The summed E-state index contributed by atoms with van der Waals surface area (Å²) in [6.45, 7) is 1.21. The van der Waals surface area contributed by atoms with Gasteiger partial charge in [0.05, 0.1) is 12.7 Å². The highest BCUT2D eigenvalue weighted by Crippen LogP contribution is 2.14. The van der Waals surface area contributed by atoms with Crippen LogP contribution in [0, 0.1) is 0 Å². The van der Waals surface area contributed by atoms with Crippen molar-refractivity contribution in [3.63, 3.8) is 0 Å². The number of ether oxygens (including phenoxy) is 1. The van der Waals surface area contributed by atoms with E-state index in [1.807, 2.05) is 0 Å². The Morgan fingerprint density at radius 3 is 2.60 bits per heavy atom. The second-order valence-electron chi connectivity index (χ2n) is 2.68. The van der Waals surface area contributed by atoms with Crippen molar-refractivity contribution in [1.82, 2.24) is 0 Å². The average molecular weight is 210 g/mol. The van der Waals surface area contributed by atoms with E-state index in [4.69, 9.17) is 0 Å². The zero-order chi connectivity index (χ0) is 11.3. The van der Waals surface area contributed by atoms with E-state index in [0.717, 1.165) is 0 Å². The standard InChI is InChI=1S/C10H10O5/c1-7(11)14-15-9-5-3-4-8(6-9)10(12)13-2/h3-6H,1-2H3. The van der Waals surface area contributed by atoms with Crippen LogP contribution in [0.15, 0.2) is 24.3 Å². The third-order valence-electron chi connectivity index (χ3n) is 1.51. The molecule has 5 heteroatoms. The van der Waals surface area contributed by atoms with Gasteiger partial charge in [-0.15, -0.1) is 0 Å². The van der Waals surface area contributed by atoms with E-state index in [1.165, 1.54) is 20.1 Å². The van der Waals surface area contributed by atoms with E-state index in [0.29, 0.717) is 5.56 Å². The maximum atomic E-state index is 11.1. The molecule has 0 amide bonds. The van der Waals surface area contributed by atoms with E-state index in [1.54, 1.807) is 18.2 Å². The van der Waals surface area contributed by atoms with Crippen molar-refractivity contribution in [2.75, 3.05) is 7.11 Å². The van der Waals surface area contributed by atoms with Gasteiger partial charge in [-0.3, -0.25) is 9.78 Å². The van der Waals surface area contributed by atoms with Crippen molar-refractivity contribution in [3.8, 4) is 5.75 Å². The number of methoxy groups -OCH3 is 1. The first-order valence-corrected chi connectivity index (χ1v) is 4.17. The number of esters is 1. The molecule has 0 saturated carbocycles. The number of benzene rings is 1. The highest BCUT2D eigenvalue weighted by atomic mass is 17.2. The van der Waals surface area contributed by atoms with Crippen LogP contribution in [0.2, 0.25) is 0 Å². The van der Waals surface area contributed by atoms with Crippen LogP contribution in [0.1, 0.15) is 17.3 Å². The van der Waals surface area contributed by atoms with Crippen molar-refractivity contribution in [2.45, 2.75) is 6.92 Å². The quantitative estimate of drug-likeness (QED) is 0.428. The first kappa shape index (κ1) is 11.0. The molecule has 15 heavy (non-hydrogen) atoms. The minimum Gasteiger partial charge on any atom is -0.465 e. The Hall–Kier alpha value is -2.04. The zero-order valence-corrected chi connectivity index (χ0v) is 8.35. The van der Waals surface area contributed by atoms with Gasteiger partial charge in [-0.25, -0.2) is 9.59 Å². The minimum atomic E-state index is -0.571. The Labute approximate surface area is 86.5 Å². The Kier molecular flexibility index (Phi) is 3.68. The highest BCUT2D eigenvalue weighted by Gasteiger charge is 2.07. The molecule has 0 radical (unpaired) electrons. The molecule has 0 saturated heterocycles. The molecule has 0 aliphatic carbocycles. The van der Waals surface area contributed by atoms with Gasteiger partial charge in [-0.05, 0) is 18.2 Å². The number of carbonyl (C=O) groups is 2. The van der Waals surface area contributed by atoms with E-state index >= 15 is 0 Å². The minimum absolute atomic E-state index is 0.258. The van der Waals surface area contributed by atoms with E-state index in [-0.39, 0.29) is 5.75 Å². The third-order valence-corrected chi connectivity index (χ3v) is 1.51. The highest BCUT2D eigenvalue weighted by molar-refractivity contribution is 5.89. The summed E-state index contributed by atoms with van der Waals surface area (Å²) >= 11 is 0. The lowest BCUT2D eigenvalue weighted by molar-refractivity contribution is -0.210. The molecule has 0 bridgehead atoms. The number of hydrogen-bond donors (Lipinski definition) is 0. The van der Waals surface area contributed by atoms with Gasteiger partial charge in [0.2, 0.25) is 0 Å². The summed E-state index contributed by atoms with van der Waals surface area (Å²) in [6, 6.07) is 6.11. The van der Waals surface area contributed by atoms with Crippen molar-refractivity contribution >= 4 is 11.9 Å².